The molecule has 10 heteroatoms. The number of benzene rings is 2. The summed E-state index contributed by atoms with van der Waals surface area (Å²) in [7, 11) is 4.70. The predicted octanol–water partition coefficient (Wildman–Crippen LogP) is 4.62. The van der Waals surface area contributed by atoms with E-state index in [1.807, 2.05) is 47.8 Å². The van der Waals surface area contributed by atoms with Gasteiger partial charge in [-0.3, -0.25) is 4.79 Å². The van der Waals surface area contributed by atoms with Gasteiger partial charge in [0.1, 0.15) is 18.0 Å². The van der Waals surface area contributed by atoms with Crippen molar-refractivity contribution in [3.8, 4) is 11.5 Å². The van der Waals surface area contributed by atoms with Crippen molar-refractivity contribution in [3.05, 3.63) is 76.5 Å². The first-order chi connectivity index (χ1) is 18.0. The molecule has 0 spiro atoms. The number of rotatable bonds is 10. The zero-order valence-corrected chi connectivity index (χ0v) is 21.9. The molecular formula is C27H30N4O5S. The summed E-state index contributed by atoms with van der Waals surface area (Å²) in [5.74, 6) is 0.967. The standard InChI is InChI=1S/C27H30N4O5S/c1-34-15-14-30(27(33)28-21-7-4-5-8-24(21)36-3)18-26(32)31-23(19-10-12-20(35-2)13-11-19)17-22(29-31)25-9-6-16-37-25/h4-13,16,23H,14-15,17-18H2,1-3H3,(H,28,33)/t23-/m1/s1. The molecule has 0 bridgehead atoms. The van der Waals surface area contributed by atoms with Crippen LogP contribution in [0.2, 0.25) is 0 Å². The van der Waals surface area contributed by atoms with E-state index in [2.05, 4.69) is 5.32 Å². The van der Waals surface area contributed by atoms with Gasteiger partial charge in [0.05, 0.1) is 43.1 Å². The summed E-state index contributed by atoms with van der Waals surface area (Å²) in [4.78, 5) is 29.3. The Hall–Kier alpha value is -3.89. The van der Waals surface area contributed by atoms with Crippen LogP contribution in [-0.4, -0.2) is 68.6 Å². The quantitative estimate of drug-likeness (QED) is 0.419. The average Bonchev–Trinajstić information content (AvgIpc) is 3.62. The van der Waals surface area contributed by atoms with Crippen LogP contribution in [0.3, 0.4) is 0 Å². The van der Waals surface area contributed by atoms with Gasteiger partial charge in [0.2, 0.25) is 0 Å². The van der Waals surface area contributed by atoms with Crippen molar-refractivity contribution in [2.45, 2.75) is 12.5 Å². The number of hydrazone groups is 1. The normalized spacial score (nSPS) is 14.7. The zero-order chi connectivity index (χ0) is 26.2. The van der Waals surface area contributed by atoms with E-state index >= 15 is 0 Å². The molecule has 0 unspecified atom stereocenters. The molecule has 0 radical (unpaired) electrons. The molecule has 1 aromatic heterocycles. The van der Waals surface area contributed by atoms with Gasteiger partial charge in [-0.1, -0.05) is 30.3 Å². The Morgan fingerprint density at radius 2 is 1.84 bits per heavy atom. The van der Waals surface area contributed by atoms with Gasteiger partial charge in [-0.2, -0.15) is 5.10 Å². The Balaban J connectivity index is 1.56. The van der Waals surface area contributed by atoms with Crippen LogP contribution in [0.5, 0.6) is 11.5 Å². The second-order valence-electron chi connectivity index (χ2n) is 8.30. The fourth-order valence-electron chi connectivity index (χ4n) is 4.05. The second kappa shape index (κ2) is 12.4. The number of ether oxygens (including phenoxy) is 3. The summed E-state index contributed by atoms with van der Waals surface area (Å²) in [5.41, 5.74) is 2.29. The van der Waals surface area contributed by atoms with E-state index in [1.54, 1.807) is 43.8 Å². The topological polar surface area (TPSA) is 92.7 Å². The van der Waals surface area contributed by atoms with Gasteiger partial charge in [-0.05, 0) is 41.3 Å². The first kappa shape index (κ1) is 26.2. The summed E-state index contributed by atoms with van der Waals surface area (Å²) in [6.07, 6.45) is 0.573. The van der Waals surface area contributed by atoms with E-state index in [0.717, 1.165) is 21.9 Å². The number of amides is 3. The van der Waals surface area contributed by atoms with E-state index in [4.69, 9.17) is 19.3 Å². The molecule has 37 heavy (non-hydrogen) atoms. The maximum Gasteiger partial charge on any atom is 0.322 e. The van der Waals surface area contributed by atoms with Crippen molar-refractivity contribution in [2.24, 2.45) is 5.10 Å². The molecule has 3 aromatic rings. The second-order valence-corrected chi connectivity index (χ2v) is 9.25. The summed E-state index contributed by atoms with van der Waals surface area (Å²) < 4.78 is 15.8. The molecule has 0 fully saturated rings. The van der Waals surface area contributed by atoms with E-state index in [9.17, 15) is 9.59 Å². The van der Waals surface area contributed by atoms with Gasteiger partial charge >= 0.3 is 6.03 Å². The number of carbonyl (C=O) groups is 2. The third-order valence-electron chi connectivity index (χ3n) is 6.00. The van der Waals surface area contributed by atoms with Gasteiger partial charge in [-0.15, -0.1) is 11.3 Å². The van der Waals surface area contributed by atoms with Crippen LogP contribution in [0.15, 0.2) is 71.1 Å². The maximum atomic E-state index is 13.6. The lowest BCUT2D eigenvalue weighted by atomic mass is 10.0. The predicted molar refractivity (Wildman–Crippen MR) is 144 cm³/mol. The van der Waals surface area contributed by atoms with E-state index < -0.39 is 6.03 Å². The van der Waals surface area contributed by atoms with Gasteiger partial charge < -0.3 is 24.4 Å². The van der Waals surface area contributed by atoms with Gasteiger partial charge in [-0.25, -0.2) is 9.80 Å². The lowest BCUT2D eigenvalue weighted by molar-refractivity contribution is -0.133. The van der Waals surface area contributed by atoms with Crippen LogP contribution in [0.4, 0.5) is 10.5 Å². The highest BCUT2D eigenvalue weighted by atomic mass is 32.1. The molecule has 1 aliphatic rings. The number of nitrogens with zero attached hydrogens (tertiary/aromatic N) is 3. The van der Waals surface area contributed by atoms with Crippen molar-refractivity contribution in [1.29, 1.82) is 0 Å². The minimum atomic E-state index is -0.433. The largest absolute Gasteiger partial charge is 0.497 e. The van der Waals surface area contributed by atoms with E-state index in [0.29, 0.717) is 17.9 Å². The Labute approximate surface area is 220 Å². The van der Waals surface area contributed by atoms with Crippen LogP contribution >= 0.6 is 11.3 Å². The Bertz CT molecular complexity index is 1230. The van der Waals surface area contributed by atoms with Gasteiger partial charge in [0, 0.05) is 20.1 Å². The number of para-hydroxylation sites is 2. The van der Waals surface area contributed by atoms with Crippen LogP contribution in [0, 0.1) is 0 Å². The smallest absolute Gasteiger partial charge is 0.322 e. The summed E-state index contributed by atoms with van der Waals surface area (Å²) in [5, 5.41) is 11.0. The monoisotopic (exact) mass is 522 g/mol. The SMILES string of the molecule is COCCN(CC(=O)N1N=C(c2cccs2)C[C@@H]1c1ccc(OC)cc1)C(=O)Nc1ccccc1OC. The van der Waals surface area contributed by atoms with Crippen LogP contribution in [0.25, 0.3) is 0 Å². The van der Waals surface area contributed by atoms with Gasteiger partial charge in [0.15, 0.2) is 0 Å². The van der Waals surface area contributed by atoms with Crippen molar-refractivity contribution < 1.29 is 23.8 Å². The first-order valence-electron chi connectivity index (χ1n) is 11.8. The zero-order valence-electron chi connectivity index (χ0n) is 21.0. The van der Waals surface area contributed by atoms with Crippen molar-refractivity contribution >= 4 is 34.7 Å². The highest BCUT2D eigenvalue weighted by molar-refractivity contribution is 7.12. The Morgan fingerprint density at radius 1 is 1.05 bits per heavy atom. The number of nitrogens with one attached hydrogen (secondary N) is 1. The Kier molecular flexibility index (Phi) is 8.76. The minimum absolute atomic E-state index is 0.168. The van der Waals surface area contributed by atoms with Crippen LogP contribution in [0.1, 0.15) is 22.9 Å². The third kappa shape index (κ3) is 6.28. The van der Waals surface area contributed by atoms with Crippen LogP contribution < -0.4 is 14.8 Å². The fourth-order valence-corrected chi connectivity index (χ4v) is 4.77. The number of carbonyl (C=O) groups excluding carboxylic acids is 2. The highest BCUT2D eigenvalue weighted by Gasteiger charge is 2.34. The fraction of sp³-hybridized carbons (Fsp3) is 0.296. The van der Waals surface area contributed by atoms with Crippen molar-refractivity contribution in [3.63, 3.8) is 0 Å². The maximum absolute atomic E-state index is 13.6. The van der Waals surface area contributed by atoms with E-state index in [1.165, 1.54) is 17.0 Å². The summed E-state index contributed by atoms with van der Waals surface area (Å²) in [6, 6.07) is 18.0. The summed E-state index contributed by atoms with van der Waals surface area (Å²) in [6.45, 7) is 0.336. The number of hydrogen-bond donors (Lipinski definition) is 1. The van der Waals surface area contributed by atoms with Crippen molar-refractivity contribution in [2.75, 3.05) is 46.3 Å². The molecule has 2 heterocycles. The van der Waals surface area contributed by atoms with Crippen molar-refractivity contribution in [1.82, 2.24) is 9.91 Å². The number of thiophene rings is 1. The number of hydrogen-bond acceptors (Lipinski definition) is 7. The van der Waals surface area contributed by atoms with E-state index in [-0.39, 0.29) is 31.6 Å². The highest BCUT2D eigenvalue weighted by Crippen LogP contribution is 2.34. The molecule has 9 nitrogen and oxygen atoms in total. The Morgan fingerprint density at radius 3 is 2.51 bits per heavy atom. The molecule has 1 aliphatic heterocycles. The molecule has 194 valence electrons. The molecule has 0 saturated heterocycles. The molecule has 4 rings (SSSR count). The number of methoxy groups -OCH3 is 3. The number of anilines is 1. The summed E-state index contributed by atoms with van der Waals surface area (Å²) >= 11 is 1.58. The number of urea groups is 1. The molecule has 1 N–H and O–H groups in total. The molecule has 2 aromatic carbocycles. The third-order valence-corrected chi connectivity index (χ3v) is 6.92. The lowest BCUT2D eigenvalue weighted by Crippen LogP contribution is -2.44. The molecule has 0 saturated carbocycles. The van der Waals surface area contributed by atoms with Gasteiger partial charge in [0.25, 0.3) is 5.91 Å². The molecular weight excluding hydrogens is 492 g/mol. The molecule has 3 amide bonds. The molecule has 0 aliphatic carbocycles. The first-order valence-corrected chi connectivity index (χ1v) is 12.7. The molecule has 1 atom stereocenters. The van der Waals surface area contributed by atoms with Crippen LogP contribution in [-0.2, 0) is 9.53 Å². The average molecular weight is 523 g/mol. The lowest BCUT2D eigenvalue weighted by Gasteiger charge is -2.27. The minimum Gasteiger partial charge on any atom is -0.497 e.